The van der Waals surface area contributed by atoms with Crippen LogP contribution in [0.3, 0.4) is 0 Å². The van der Waals surface area contributed by atoms with Gasteiger partial charge in [0.25, 0.3) is 0 Å². The Morgan fingerprint density at radius 1 is 1.05 bits per heavy atom. The monoisotopic (exact) mass is 291 g/mol. The van der Waals surface area contributed by atoms with Gasteiger partial charge in [-0.3, -0.25) is 10.1 Å². The van der Waals surface area contributed by atoms with E-state index < -0.39 is 0 Å². The first kappa shape index (κ1) is 16.0. The molecule has 2 aromatic carbocycles. The molecule has 0 aliphatic rings. The molecule has 0 radical (unpaired) electrons. The molecule has 0 aliphatic heterocycles. The van der Waals surface area contributed by atoms with Gasteiger partial charge in [-0.15, -0.1) is 0 Å². The molecule has 0 saturated carbocycles. The van der Waals surface area contributed by atoms with Gasteiger partial charge in [-0.05, 0) is 38.5 Å². The molecule has 2 nitrogen and oxygen atoms in total. The predicted octanol–water partition coefficient (Wildman–Crippen LogP) is 3.81. The zero-order valence-corrected chi connectivity index (χ0v) is 13.3. The van der Waals surface area contributed by atoms with Gasteiger partial charge < -0.3 is 0 Å². The van der Waals surface area contributed by atoms with Crippen molar-refractivity contribution in [2.45, 2.75) is 32.9 Å². The quantitative estimate of drug-likeness (QED) is 0.685. The van der Waals surface area contributed by atoms with E-state index in [1.165, 1.54) is 5.56 Å². The zero-order valence-electron chi connectivity index (χ0n) is 13.3. The third-order valence-corrected chi connectivity index (χ3v) is 3.39. The summed E-state index contributed by atoms with van der Waals surface area (Å²) in [7, 11) is 0. The summed E-state index contributed by atoms with van der Waals surface area (Å²) in [4.78, 5) is 11.2. The molecular weight excluding hydrogens is 270 g/mol. The van der Waals surface area contributed by atoms with Crippen molar-refractivity contribution in [2.75, 3.05) is 0 Å². The largest absolute Gasteiger partial charge is 0.297 e. The van der Waals surface area contributed by atoms with Crippen LogP contribution in [-0.4, -0.2) is 11.3 Å². The molecule has 0 fully saturated rings. The summed E-state index contributed by atoms with van der Waals surface area (Å²) in [5.41, 5.74) is 2.59. The van der Waals surface area contributed by atoms with Crippen LogP contribution < -0.4 is 5.32 Å². The van der Waals surface area contributed by atoms with E-state index in [9.17, 15) is 4.79 Å². The van der Waals surface area contributed by atoms with Gasteiger partial charge in [-0.25, -0.2) is 0 Å². The standard InChI is InChI=1S/C20H21NO/c1-16(22)19-11-9-17(10-12-19)13-14-20(2,3)21-15-18-7-5-4-6-8-18/h4-12,21H,15H2,1-3H3. The highest BCUT2D eigenvalue weighted by molar-refractivity contribution is 5.94. The van der Waals surface area contributed by atoms with Gasteiger partial charge in [-0.1, -0.05) is 54.3 Å². The van der Waals surface area contributed by atoms with Crippen LogP contribution in [0, 0.1) is 11.8 Å². The Bertz CT molecular complexity index is 688. The topological polar surface area (TPSA) is 29.1 Å². The van der Waals surface area contributed by atoms with Crippen molar-refractivity contribution < 1.29 is 4.79 Å². The van der Waals surface area contributed by atoms with Crippen molar-refractivity contribution in [3.63, 3.8) is 0 Å². The minimum absolute atomic E-state index is 0.0735. The second kappa shape index (κ2) is 7.06. The van der Waals surface area contributed by atoms with Crippen molar-refractivity contribution in [1.82, 2.24) is 5.32 Å². The Balaban J connectivity index is 2.00. The summed E-state index contributed by atoms with van der Waals surface area (Å²) in [5, 5.41) is 3.45. The molecule has 2 aromatic rings. The molecular formula is C20H21NO. The molecule has 2 rings (SSSR count). The highest BCUT2D eigenvalue weighted by Gasteiger charge is 2.12. The van der Waals surface area contributed by atoms with Crippen molar-refractivity contribution in [3.05, 3.63) is 71.3 Å². The highest BCUT2D eigenvalue weighted by atomic mass is 16.1. The Hall–Kier alpha value is -2.37. The fourth-order valence-corrected chi connectivity index (χ4v) is 1.98. The van der Waals surface area contributed by atoms with E-state index in [2.05, 4.69) is 43.1 Å². The molecule has 0 atom stereocenters. The molecule has 22 heavy (non-hydrogen) atoms. The van der Waals surface area contributed by atoms with E-state index in [1.54, 1.807) is 6.92 Å². The second-order valence-electron chi connectivity index (χ2n) is 5.85. The van der Waals surface area contributed by atoms with Gasteiger partial charge in [0.2, 0.25) is 0 Å². The zero-order chi connectivity index (χ0) is 16.0. The number of nitrogens with one attached hydrogen (secondary N) is 1. The molecule has 2 heteroatoms. The van der Waals surface area contributed by atoms with Gasteiger partial charge in [0.1, 0.15) is 0 Å². The maximum Gasteiger partial charge on any atom is 0.159 e. The average molecular weight is 291 g/mol. The molecule has 0 aromatic heterocycles. The van der Waals surface area contributed by atoms with Gasteiger partial charge >= 0.3 is 0 Å². The lowest BCUT2D eigenvalue weighted by atomic mass is 10.0. The second-order valence-corrected chi connectivity index (χ2v) is 5.85. The third kappa shape index (κ3) is 4.87. The van der Waals surface area contributed by atoms with Crippen LogP contribution in [0.2, 0.25) is 0 Å². The number of hydrogen-bond acceptors (Lipinski definition) is 2. The molecule has 0 spiro atoms. The molecule has 112 valence electrons. The first-order valence-electron chi connectivity index (χ1n) is 7.39. The lowest BCUT2D eigenvalue weighted by molar-refractivity contribution is 0.101. The van der Waals surface area contributed by atoms with Crippen LogP contribution in [-0.2, 0) is 6.54 Å². The number of carbonyl (C=O) groups is 1. The van der Waals surface area contributed by atoms with Gasteiger partial charge in [0.15, 0.2) is 5.78 Å². The van der Waals surface area contributed by atoms with Crippen molar-refractivity contribution in [2.24, 2.45) is 0 Å². The van der Waals surface area contributed by atoms with Crippen LogP contribution >= 0.6 is 0 Å². The Labute approximate surface area is 132 Å². The summed E-state index contributed by atoms with van der Waals surface area (Å²) >= 11 is 0. The lowest BCUT2D eigenvalue weighted by Gasteiger charge is -2.19. The number of carbonyl (C=O) groups excluding carboxylic acids is 1. The fourth-order valence-electron chi connectivity index (χ4n) is 1.98. The molecule has 0 aliphatic carbocycles. The maximum atomic E-state index is 11.2. The van der Waals surface area contributed by atoms with E-state index >= 15 is 0 Å². The minimum Gasteiger partial charge on any atom is -0.297 e. The van der Waals surface area contributed by atoms with E-state index in [0.29, 0.717) is 5.56 Å². The number of benzene rings is 2. The summed E-state index contributed by atoms with van der Waals surface area (Å²) in [6, 6.07) is 17.7. The summed E-state index contributed by atoms with van der Waals surface area (Å²) < 4.78 is 0. The van der Waals surface area contributed by atoms with Crippen LogP contribution in [0.25, 0.3) is 0 Å². The van der Waals surface area contributed by atoms with Crippen LogP contribution in [0.4, 0.5) is 0 Å². The van der Waals surface area contributed by atoms with Crippen molar-refractivity contribution in [3.8, 4) is 11.8 Å². The average Bonchev–Trinajstić information content (AvgIpc) is 2.53. The summed E-state index contributed by atoms with van der Waals surface area (Å²) in [5.74, 6) is 6.49. The molecule has 1 N–H and O–H groups in total. The lowest BCUT2D eigenvalue weighted by Crippen LogP contribution is -2.37. The first-order valence-corrected chi connectivity index (χ1v) is 7.39. The van der Waals surface area contributed by atoms with Gasteiger partial charge in [-0.2, -0.15) is 0 Å². The smallest absolute Gasteiger partial charge is 0.159 e. The van der Waals surface area contributed by atoms with Crippen LogP contribution in [0.1, 0.15) is 42.3 Å². The Morgan fingerprint density at radius 2 is 1.68 bits per heavy atom. The fraction of sp³-hybridized carbons (Fsp3) is 0.250. The molecule has 0 amide bonds. The normalized spacial score (nSPS) is 10.7. The predicted molar refractivity (Wildman–Crippen MR) is 90.7 cm³/mol. The maximum absolute atomic E-state index is 11.2. The Kier molecular flexibility index (Phi) is 5.14. The summed E-state index contributed by atoms with van der Waals surface area (Å²) in [6.07, 6.45) is 0. The number of hydrogen-bond donors (Lipinski definition) is 1. The minimum atomic E-state index is -0.283. The van der Waals surface area contributed by atoms with Crippen molar-refractivity contribution in [1.29, 1.82) is 0 Å². The van der Waals surface area contributed by atoms with Gasteiger partial charge in [0, 0.05) is 17.7 Å². The third-order valence-electron chi connectivity index (χ3n) is 3.39. The van der Waals surface area contributed by atoms with Crippen molar-refractivity contribution >= 4 is 5.78 Å². The first-order chi connectivity index (χ1) is 10.5. The van der Waals surface area contributed by atoms with E-state index in [4.69, 9.17) is 0 Å². The van der Waals surface area contributed by atoms with E-state index in [-0.39, 0.29) is 11.3 Å². The number of ketones is 1. The highest BCUT2D eigenvalue weighted by Crippen LogP contribution is 2.07. The van der Waals surface area contributed by atoms with E-state index in [1.807, 2.05) is 42.5 Å². The Morgan fingerprint density at radius 3 is 2.27 bits per heavy atom. The molecule has 0 heterocycles. The SMILES string of the molecule is CC(=O)c1ccc(C#CC(C)(C)NCc2ccccc2)cc1. The van der Waals surface area contributed by atoms with Crippen LogP contribution in [0.5, 0.6) is 0 Å². The number of rotatable bonds is 4. The van der Waals surface area contributed by atoms with E-state index in [0.717, 1.165) is 12.1 Å². The van der Waals surface area contributed by atoms with Crippen LogP contribution in [0.15, 0.2) is 54.6 Å². The summed E-state index contributed by atoms with van der Waals surface area (Å²) in [6.45, 7) is 6.48. The molecule has 0 bridgehead atoms. The molecule has 0 unspecified atom stereocenters. The molecule has 0 saturated heterocycles. The van der Waals surface area contributed by atoms with Gasteiger partial charge in [0.05, 0.1) is 5.54 Å². The number of Topliss-reactive ketones (excluding diaryl/α,β-unsaturated/α-hetero) is 1.